The monoisotopic (exact) mass is 352 g/mol. The summed E-state index contributed by atoms with van der Waals surface area (Å²) in [6.07, 6.45) is 2.19. The summed E-state index contributed by atoms with van der Waals surface area (Å²) in [5, 5.41) is 2.84. The topological polar surface area (TPSA) is 58.6 Å². The standard InChI is InChI=1S/C21H24N2O3/c1-16-8-7-13-23(14-16)20(24)15-26-19-12-6-5-11-18(19)21(25)22-17-9-3-2-4-10-17/h2-6,9-12,16H,7-8,13-15H2,1H3,(H,22,25). The molecular weight excluding hydrogens is 328 g/mol. The third-order valence-electron chi connectivity index (χ3n) is 4.52. The van der Waals surface area contributed by atoms with Crippen LogP contribution in [-0.2, 0) is 4.79 Å². The van der Waals surface area contributed by atoms with E-state index in [9.17, 15) is 9.59 Å². The Morgan fingerprint density at radius 3 is 2.62 bits per heavy atom. The van der Waals surface area contributed by atoms with E-state index < -0.39 is 0 Å². The summed E-state index contributed by atoms with van der Waals surface area (Å²) in [6.45, 7) is 3.66. The average Bonchev–Trinajstić information content (AvgIpc) is 2.67. The molecule has 1 N–H and O–H groups in total. The van der Waals surface area contributed by atoms with Gasteiger partial charge in [0, 0.05) is 18.8 Å². The van der Waals surface area contributed by atoms with Gasteiger partial charge < -0.3 is 15.0 Å². The first-order chi connectivity index (χ1) is 12.6. The number of amides is 2. The van der Waals surface area contributed by atoms with Crippen molar-refractivity contribution in [3.8, 4) is 5.75 Å². The average molecular weight is 352 g/mol. The molecule has 26 heavy (non-hydrogen) atoms. The highest BCUT2D eigenvalue weighted by Gasteiger charge is 2.22. The zero-order valence-electron chi connectivity index (χ0n) is 15.0. The van der Waals surface area contributed by atoms with E-state index in [1.54, 1.807) is 24.3 Å². The lowest BCUT2D eigenvalue weighted by molar-refractivity contribution is -0.135. The minimum Gasteiger partial charge on any atom is -0.483 e. The van der Waals surface area contributed by atoms with Gasteiger partial charge in [-0.3, -0.25) is 9.59 Å². The molecule has 0 aromatic heterocycles. The third-order valence-corrected chi connectivity index (χ3v) is 4.52. The first-order valence-electron chi connectivity index (χ1n) is 8.99. The normalized spacial score (nSPS) is 16.8. The molecule has 1 aliphatic heterocycles. The number of piperidine rings is 1. The Morgan fingerprint density at radius 2 is 1.85 bits per heavy atom. The molecule has 136 valence electrons. The van der Waals surface area contributed by atoms with Crippen LogP contribution in [0.15, 0.2) is 54.6 Å². The fourth-order valence-electron chi connectivity index (χ4n) is 3.15. The molecule has 5 nitrogen and oxygen atoms in total. The molecular formula is C21H24N2O3. The molecule has 1 aliphatic rings. The van der Waals surface area contributed by atoms with E-state index in [0.717, 1.165) is 25.9 Å². The van der Waals surface area contributed by atoms with Crippen LogP contribution in [0.4, 0.5) is 5.69 Å². The highest BCUT2D eigenvalue weighted by Crippen LogP contribution is 2.21. The van der Waals surface area contributed by atoms with E-state index in [4.69, 9.17) is 4.74 Å². The zero-order valence-corrected chi connectivity index (χ0v) is 15.0. The SMILES string of the molecule is CC1CCCN(C(=O)COc2ccccc2C(=O)Nc2ccccc2)C1. The lowest BCUT2D eigenvalue weighted by Crippen LogP contribution is -2.41. The lowest BCUT2D eigenvalue weighted by Gasteiger charge is -2.30. The number of hydrogen-bond donors (Lipinski definition) is 1. The van der Waals surface area contributed by atoms with Crippen molar-refractivity contribution in [3.63, 3.8) is 0 Å². The summed E-state index contributed by atoms with van der Waals surface area (Å²) in [7, 11) is 0. The number of hydrogen-bond acceptors (Lipinski definition) is 3. The van der Waals surface area contributed by atoms with Gasteiger partial charge in [-0.2, -0.15) is 0 Å². The van der Waals surface area contributed by atoms with Gasteiger partial charge in [0.1, 0.15) is 5.75 Å². The predicted octanol–water partition coefficient (Wildman–Crippen LogP) is 3.58. The molecule has 5 heteroatoms. The molecule has 1 heterocycles. The third kappa shape index (κ3) is 4.63. The highest BCUT2D eigenvalue weighted by atomic mass is 16.5. The second-order valence-electron chi connectivity index (χ2n) is 6.69. The van der Waals surface area contributed by atoms with Crippen LogP contribution < -0.4 is 10.1 Å². The number of benzene rings is 2. The Bertz CT molecular complexity index is 761. The second kappa shape index (κ2) is 8.52. The van der Waals surface area contributed by atoms with Gasteiger partial charge in [-0.25, -0.2) is 0 Å². The molecule has 1 fully saturated rings. The predicted molar refractivity (Wildman–Crippen MR) is 101 cm³/mol. The molecule has 2 aromatic carbocycles. The summed E-state index contributed by atoms with van der Waals surface area (Å²) in [5.74, 6) is 0.650. The zero-order chi connectivity index (χ0) is 18.4. The Kier molecular flexibility index (Phi) is 5.89. The molecule has 2 amide bonds. The largest absolute Gasteiger partial charge is 0.483 e. The van der Waals surface area contributed by atoms with E-state index >= 15 is 0 Å². The van der Waals surface area contributed by atoms with E-state index in [1.807, 2.05) is 35.2 Å². The first kappa shape index (κ1) is 18.0. The van der Waals surface area contributed by atoms with Gasteiger partial charge in [0.25, 0.3) is 11.8 Å². The summed E-state index contributed by atoms with van der Waals surface area (Å²) >= 11 is 0. The number of nitrogens with one attached hydrogen (secondary N) is 1. The molecule has 0 bridgehead atoms. The molecule has 0 saturated carbocycles. The number of para-hydroxylation sites is 2. The number of rotatable bonds is 5. The van der Waals surface area contributed by atoms with Crippen LogP contribution in [0, 0.1) is 5.92 Å². The van der Waals surface area contributed by atoms with Crippen LogP contribution in [0.3, 0.4) is 0 Å². The van der Waals surface area contributed by atoms with Crippen molar-refractivity contribution >= 4 is 17.5 Å². The van der Waals surface area contributed by atoms with Gasteiger partial charge in [0.05, 0.1) is 5.56 Å². The fourth-order valence-corrected chi connectivity index (χ4v) is 3.15. The van der Waals surface area contributed by atoms with Gasteiger partial charge in [-0.1, -0.05) is 37.3 Å². The quantitative estimate of drug-likeness (QED) is 0.895. The van der Waals surface area contributed by atoms with E-state index in [1.165, 1.54) is 0 Å². The maximum atomic E-state index is 12.5. The molecule has 1 atom stereocenters. The van der Waals surface area contributed by atoms with Crippen LogP contribution in [0.1, 0.15) is 30.1 Å². The Balaban J connectivity index is 1.63. The van der Waals surface area contributed by atoms with Crippen LogP contribution in [0.5, 0.6) is 5.75 Å². The fraction of sp³-hybridized carbons (Fsp3) is 0.333. The maximum absolute atomic E-state index is 12.5. The van der Waals surface area contributed by atoms with Crippen LogP contribution in [0.25, 0.3) is 0 Å². The van der Waals surface area contributed by atoms with Gasteiger partial charge in [-0.05, 0) is 43.0 Å². The van der Waals surface area contributed by atoms with Gasteiger partial charge in [-0.15, -0.1) is 0 Å². The van der Waals surface area contributed by atoms with Crippen molar-refractivity contribution in [3.05, 3.63) is 60.2 Å². The Morgan fingerprint density at radius 1 is 1.12 bits per heavy atom. The van der Waals surface area contributed by atoms with E-state index in [-0.39, 0.29) is 18.4 Å². The summed E-state index contributed by atoms with van der Waals surface area (Å²) in [6, 6.07) is 16.2. The van der Waals surface area contributed by atoms with Crippen LogP contribution in [-0.4, -0.2) is 36.4 Å². The minimum absolute atomic E-state index is 0.0326. The minimum atomic E-state index is -0.258. The molecule has 0 aliphatic carbocycles. The van der Waals surface area contributed by atoms with Crippen molar-refractivity contribution in [2.75, 3.05) is 25.0 Å². The van der Waals surface area contributed by atoms with Crippen molar-refractivity contribution in [1.82, 2.24) is 4.90 Å². The molecule has 3 rings (SSSR count). The van der Waals surface area contributed by atoms with Crippen LogP contribution >= 0.6 is 0 Å². The molecule has 1 saturated heterocycles. The molecule has 1 unspecified atom stereocenters. The maximum Gasteiger partial charge on any atom is 0.260 e. The number of nitrogens with zero attached hydrogens (tertiary/aromatic N) is 1. The van der Waals surface area contributed by atoms with Gasteiger partial charge in [0.15, 0.2) is 6.61 Å². The lowest BCUT2D eigenvalue weighted by atomic mass is 10.0. The van der Waals surface area contributed by atoms with E-state index in [0.29, 0.717) is 22.9 Å². The number of anilines is 1. The summed E-state index contributed by atoms with van der Waals surface area (Å²) < 4.78 is 5.69. The van der Waals surface area contributed by atoms with Crippen molar-refractivity contribution < 1.29 is 14.3 Å². The number of carbonyl (C=O) groups is 2. The Labute approximate surface area is 154 Å². The summed E-state index contributed by atoms with van der Waals surface area (Å²) in [5.41, 5.74) is 1.13. The number of likely N-dealkylation sites (tertiary alicyclic amines) is 1. The summed E-state index contributed by atoms with van der Waals surface area (Å²) in [4.78, 5) is 26.8. The molecule has 2 aromatic rings. The van der Waals surface area contributed by atoms with E-state index in [2.05, 4.69) is 12.2 Å². The van der Waals surface area contributed by atoms with Crippen LogP contribution in [0.2, 0.25) is 0 Å². The van der Waals surface area contributed by atoms with Crippen molar-refractivity contribution in [2.24, 2.45) is 5.92 Å². The van der Waals surface area contributed by atoms with Crippen molar-refractivity contribution in [2.45, 2.75) is 19.8 Å². The van der Waals surface area contributed by atoms with Crippen molar-refractivity contribution in [1.29, 1.82) is 0 Å². The van der Waals surface area contributed by atoms with Gasteiger partial charge >= 0.3 is 0 Å². The first-order valence-corrected chi connectivity index (χ1v) is 8.99. The molecule has 0 radical (unpaired) electrons. The second-order valence-corrected chi connectivity index (χ2v) is 6.69. The number of ether oxygens (including phenoxy) is 1. The Hall–Kier alpha value is -2.82. The molecule has 0 spiro atoms. The number of carbonyl (C=O) groups excluding carboxylic acids is 2. The smallest absolute Gasteiger partial charge is 0.260 e. The van der Waals surface area contributed by atoms with Gasteiger partial charge in [0.2, 0.25) is 0 Å². The highest BCUT2D eigenvalue weighted by molar-refractivity contribution is 6.06.